The molecule has 1 unspecified atom stereocenters. The molecule has 0 saturated carbocycles. The van der Waals surface area contributed by atoms with E-state index in [9.17, 15) is 13.2 Å². The van der Waals surface area contributed by atoms with Crippen molar-refractivity contribution in [1.29, 1.82) is 0 Å². The molecular weight excluding hydrogens is 364 g/mol. The van der Waals surface area contributed by atoms with Gasteiger partial charge in [-0.15, -0.1) is 0 Å². The van der Waals surface area contributed by atoms with E-state index in [1.54, 1.807) is 12.1 Å². The van der Waals surface area contributed by atoms with Gasteiger partial charge in [-0.05, 0) is 48.7 Å². The van der Waals surface area contributed by atoms with E-state index in [-0.39, 0.29) is 16.9 Å². The van der Waals surface area contributed by atoms with Crippen LogP contribution in [0.5, 0.6) is 5.75 Å². The lowest BCUT2D eigenvalue weighted by Gasteiger charge is -2.16. The van der Waals surface area contributed by atoms with Gasteiger partial charge in [0.25, 0.3) is 5.91 Å². The summed E-state index contributed by atoms with van der Waals surface area (Å²) in [6.45, 7) is 1.53. The first-order valence-corrected chi connectivity index (χ1v) is 10.6. The van der Waals surface area contributed by atoms with Gasteiger partial charge in [-0.1, -0.05) is 18.2 Å². The first kappa shape index (κ1) is 18.0. The van der Waals surface area contributed by atoms with Gasteiger partial charge in [0.05, 0.1) is 11.4 Å². The highest BCUT2D eigenvalue weighted by Crippen LogP contribution is 2.27. The van der Waals surface area contributed by atoms with Gasteiger partial charge in [0.2, 0.25) is 10.0 Å². The quantitative estimate of drug-likeness (QED) is 0.855. The second kappa shape index (κ2) is 7.32. The van der Waals surface area contributed by atoms with Crippen LogP contribution < -0.4 is 10.1 Å². The molecule has 1 fully saturated rings. The van der Waals surface area contributed by atoms with Crippen LogP contribution in [0.2, 0.25) is 0 Å². The maximum atomic E-state index is 12.5. The van der Waals surface area contributed by atoms with Crippen molar-refractivity contribution in [3.8, 4) is 5.75 Å². The van der Waals surface area contributed by atoms with Crippen molar-refractivity contribution in [2.45, 2.75) is 30.3 Å². The van der Waals surface area contributed by atoms with Crippen LogP contribution in [0, 0.1) is 0 Å². The molecule has 1 atom stereocenters. The molecule has 27 heavy (non-hydrogen) atoms. The zero-order chi connectivity index (χ0) is 18.9. The third-order valence-electron chi connectivity index (χ3n) is 5.02. The van der Waals surface area contributed by atoms with Crippen LogP contribution in [0.15, 0.2) is 53.4 Å². The molecule has 2 aliphatic rings. The SMILES string of the molecule is O=C(NCC1Cc2ccccc2O1)c1ccc(S(=O)(=O)N2CCCC2)cc1. The Bertz CT molecular complexity index is 910. The molecule has 4 rings (SSSR count). The number of rotatable bonds is 5. The van der Waals surface area contributed by atoms with Gasteiger partial charge in [0, 0.05) is 25.1 Å². The number of hydrogen-bond acceptors (Lipinski definition) is 4. The molecule has 1 N–H and O–H groups in total. The minimum atomic E-state index is -3.46. The lowest BCUT2D eigenvalue weighted by atomic mass is 10.1. The van der Waals surface area contributed by atoms with E-state index < -0.39 is 10.0 Å². The number of amides is 1. The summed E-state index contributed by atoms with van der Waals surface area (Å²) >= 11 is 0. The molecule has 6 nitrogen and oxygen atoms in total. The topological polar surface area (TPSA) is 75.7 Å². The van der Waals surface area contributed by atoms with Crippen LogP contribution >= 0.6 is 0 Å². The van der Waals surface area contributed by atoms with Gasteiger partial charge in [-0.25, -0.2) is 8.42 Å². The second-order valence-electron chi connectivity index (χ2n) is 6.90. The van der Waals surface area contributed by atoms with E-state index in [0.29, 0.717) is 25.2 Å². The van der Waals surface area contributed by atoms with Crippen LogP contribution in [0.1, 0.15) is 28.8 Å². The van der Waals surface area contributed by atoms with E-state index >= 15 is 0 Å². The number of hydrogen-bond donors (Lipinski definition) is 1. The van der Waals surface area contributed by atoms with Crippen LogP contribution in [-0.2, 0) is 16.4 Å². The first-order valence-electron chi connectivity index (χ1n) is 9.17. The van der Waals surface area contributed by atoms with E-state index in [2.05, 4.69) is 5.32 Å². The Balaban J connectivity index is 1.36. The fraction of sp³-hybridized carbons (Fsp3) is 0.350. The smallest absolute Gasteiger partial charge is 0.251 e. The standard InChI is InChI=1S/C20H22N2O4S/c23-20(21-14-17-13-16-5-1-2-6-19(16)26-17)15-7-9-18(10-8-15)27(24,25)22-11-3-4-12-22/h1-2,5-10,17H,3-4,11-14H2,(H,21,23). The number of nitrogens with zero attached hydrogens (tertiary/aromatic N) is 1. The minimum Gasteiger partial charge on any atom is -0.488 e. The van der Waals surface area contributed by atoms with Crippen molar-refractivity contribution in [3.63, 3.8) is 0 Å². The molecule has 7 heteroatoms. The molecule has 142 valence electrons. The van der Waals surface area contributed by atoms with Crippen molar-refractivity contribution >= 4 is 15.9 Å². The predicted molar refractivity (Wildman–Crippen MR) is 101 cm³/mol. The lowest BCUT2D eigenvalue weighted by Crippen LogP contribution is -2.34. The highest BCUT2D eigenvalue weighted by Gasteiger charge is 2.27. The normalized spacial score (nSPS) is 19.5. The Morgan fingerprint density at radius 1 is 1.07 bits per heavy atom. The van der Waals surface area contributed by atoms with Crippen LogP contribution in [-0.4, -0.2) is 44.4 Å². The fourth-order valence-electron chi connectivity index (χ4n) is 3.53. The summed E-state index contributed by atoms with van der Waals surface area (Å²) in [6, 6.07) is 14.0. The Labute approximate surface area is 159 Å². The number of carbonyl (C=O) groups is 1. The number of nitrogens with one attached hydrogen (secondary N) is 1. The van der Waals surface area contributed by atoms with Gasteiger partial charge in [0.15, 0.2) is 0 Å². The van der Waals surface area contributed by atoms with E-state index in [1.165, 1.54) is 16.4 Å². The van der Waals surface area contributed by atoms with Gasteiger partial charge >= 0.3 is 0 Å². The second-order valence-corrected chi connectivity index (χ2v) is 8.84. The number of benzene rings is 2. The average Bonchev–Trinajstić information content (AvgIpc) is 3.36. The lowest BCUT2D eigenvalue weighted by molar-refractivity contribution is 0.0933. The average molecular weight is 386 g/mol. The van der Waals surface area contributed by atoms with Crippen LogP contribution in [0.4, 0.5) is 0 Å². The first-order chi connectivity index (χ1) is 13.0. The summed E-state index contributed by atoms with van der Waals surface area (Å²) in [4.78, 5) is 12.6. The largest absolute Gasteiger partial charge is 0.488 e. The predicted octanol–water partition coefficient (Wildman–Crippen LogP) is 2.20. The Hall–Kier alpha value is -2.38. The summed E-state index contributed by atoms with van der Waals surface area (Å²) in [5.41, 5.74) is 1.58. The molecule has 2 aromatic carbocycles. The molecule has 0 aromatic heterocycles. The fourth-order valence-corrected chi connectivity index (χ4v) is 5.05. The number of ether oxygens (including phenoxy) is 1. The van der Waals surface area contributed by atoms with Gasteiger partial charge in [0.1, 0.15) is 11.9 Å². The molecule has 1 amide bonds. The third kappa shape index (κ3) is 3.70. The van der Waals surface area contributed by atoms with E-state index in [4.69, 9.17) is 4.74 Å². The number of para-hydroxylation sites is 1. The van der Waals surface area contributed by atoms with Crippen molar-refractivity contribution in [2.75, 3.05) is 19.6 Å². The third-order valence-corrected chi connectivity index (χ3v) is 6.94. The van der Waals surface area contributed by atoms with Crippen molar-refractivity contribution in [2.24, 2.45) is 0 Å². The molecular formula is C20H22N2O4S. The number of sulfonamides is 1. The molecule has 2 heterocycles. The zero-order valence-electron chi connectivity index (χ0n) is 14.9. The molecule has 1 saturated heterocycles. The zero-order valence-corrected chi connectivity index (χ0v) is 15.7. The summed E-state index contributed by atoms with van der Waals surface area (Å²) in [5, 5.41) is 2.87. The number of carbonyl (C=O) groups excluding carboxylic acids is 1. The van der Waals surface area contributed by atoms with Gasteiger partial charge in [-0.2, -0.15) is 4.31 Å². The minimum absolute atomic E-state index is 0.0823. The van der Waals surface area contributed by atoms with Crippen LogP contribution in [0.25, 0.3) is 0 Å². The highest BCUT2D eigenvalue weighted by molar-refractivity contribution is 7.89. The highest BCUT2D eigenvalue weighted by atomic mass is 32.2. The Morgan fingerprint density at radius 3 is 2.48 bits per heavy atom. The Kier molecular flexibility index (Phi) is 4.88. The van der Waals surface area contributed by atoms with Crippen molar-refractivity contribution in [1.82, 2.24) is 9.62 Å². The summed E-state index contributed by atoms with van der Waals surface area (Å²) in [6.07, 6.45) is 2.48. The molecule has 0 radical (unpaired) electrons. The monoisotopic (exact) mass is 386 g/mol. The van der Waals surface area contributed by atoms with E-state index in [1.807, 2.05) is 24.3 Å². The summed E-state index contributed by atoms with van der Waals surface area (Å²) < 4.78 is 32.4. The maximum Gasteiger partial charge on any atom is 0.251 e. The summed E-state index contributed by atoms with van der Waals surface area (Å²) in [5.74, 6) is 0.632. The molecule has 0 spiro atoms. The molecule has 2 aliphatic heterocycles. The summed E-state index contributed by atoms with van der Waals surface area (Å²) in [7, 11) is -3.46. The van der Waals surface area contributed by atoms with E-state index in [0.717, 1.165) is 30.6 Å². The van der Waals surface area contributed by atoms with Gasteiger partial charge in [-0.3, -0.25) is 4.79 Å². The molecule has 2 aromatic rings. The van der Waals surface area contributed by atoms with Crippen LogP contribution in [0.3, 0.4) is 0 Å². The maximum absolute atomic E-state index is 12.5. The van der Waals surface area contributed by atoms with Gasteiger partial charge < -0.3 is 10.1 Å². The van der Waals surface area contributed by atoms with Crippen molar-refractivity contribution in [3.05, 3.63) is 59.7 Å². The molecule has 0 bridgehead atoms. The van der Waals surface area contributed by atoms with Crippen molar-refractivity contribution < 1.29 is 17.9 Å². The molecule has 0 aliphatic carbocycles. The Morgan fingerprint density at radius 2 is 1.78 bits per heavy atom. The number of fused-ring (bicyclic) bond motifs is 1.